The number of phenols is 1. The van der Waals surface area contributed by atoms with E-state index in [1.165, 1.54) is 12.1 Å². The summed E-state index contributed by atoms with van der Waals surface area (Å²) in [7, 11) is 3.87. The summed E-state index contributed by atoms with van der Waals surface area (Å²) in [5.74, 6) is -1.63. The Labute approximate surface area is 100 Å². The van der Waals surface area contributed by atoms with Crippen LogP contribution in [0.2, 0.25) is 0 Å². The Balaban J connectivity index is 2.53. The van der Waals surface area contributed by atoms with Crippen LogP contribution in [0.25, 0.3) is 0 Å². The van der Waals surface area contributed by atoms with E-state index in [0.717, 1.165) is 19.0 Å². The van der Waals surface area contributed by atoms with E-state index in [1.807, 2.05) is 19.0 Å². The minimum absolute atomic E-state index is 0.294. The van der Waals surface area contributed by atoms with Gasteiger partial charge in [-0.25, -0.2) is 4.39 Å². The van der Waals surface area contributed by atoms with Gasteiger partial charge in [-0.3, -0.25) is 4.79 Å². The Hall–Kier alpha value is -1.62. The van der Waals surface area contributed by atoms with E-state index in [0.29, 0.717) is 6.54 Å². The van der Waals surface area contributed by atoms with Gasteiger partial charge in [-0.1, -0.05) is 6.07 Å². The summed E-state index contributed by atoms with van der Waals surface area (Å²) in [6, 6.07) is 3.79. The number of phenolic OH excluding ortho intramolecular Hbond substituents is 1. The lowest BCUT2D eigenvalue weighted by Crippen LogP contribution is -2.27. The van der Waals surface area contributed by atoms with E-state index < -0.39 is 11.7 Å². The Morgan fingerprint density at radius 1 is 1.47 bits per heavy atom. The van der Waals surface area contributed by atoms with Gasteiger partial charge in [0, 0.05) is 6.54 Å². The van der Waals surface area contributed by atoms with Crippen LogP contribution in [0, 0.1) is 5.82 Å². The summed E-state index contributed by atoms with van der Waals surface area (Å²) in [4.78, 5) is 13.6. The van der Waals surface area contributed by atoms with E-state index in [-0.39, 0.29) is 11.3 Å². The zero-order chi connectivity index (χ0) is 12.8. The summed E-state index contributed by atoms with van der Waals surface area (Å²) < 4.78 is 13.3. The van der Waals surface area contributed by atoms with Crippen molar-refractivity contribution in [2.24, 2.45) is 0 Å². The first-order valence-electron chi connectivity index (χ1n) is 5.42. The zero-order valence-electron chi connectivity index (χ0n) is 10.0. The highest BCUT2D eigenvalue weighted by Gasteiger charge is 2.15. The number of nitrogens with zero attached hydrogens (tertiary/aromatic N) is 1. The smallest absolute Gasteiger partial charge is 0.258 e. The molecule has 4 nitrogen and oxygen atoms in total. The maximum Gasteiger partial charge on any atom is 0.258 e. The number of hydrogen-bond donors (Lipinski definition) is 2. The Morgan fingerprint density at radius 3 is 2.76 bits per heavy atom. The lowest BCUT2D eigenvalue weighted by molar-refractivity contribution is 0.0945. The molecule has 0 aliphatic carbocycles. The summed E-state index contributed by atoms with van der Waals surface area (Å²) in [5, 5.41) is 12.0. The first kappa shape index (κ1) is 13.4. The minimum Gasteiger partial charge on any atom is -0.507 e. The number of nitrogens with one attached hydrogen (secondary N) is 1. The van der Waals surface area contributed by atoms with Gasteiger partial charge in [0.2, 0.25) is 0 Å². The van der Waals surface area contributed by atoms with Crippen molar-refractivity contribution in [3.63, 3.8) is 0 Å². The Bertz CT molecular complexity index is 374. The van der Waals surface area contributed by atoms with E-state index in [4.69, 9.17) is 0 Å². The number of hydrogen-bond acceptors (Lipinski definition) is 3. The highest BCUT2D eigenvalue weighted by Crippen LogP contribution is 2.19. The van der Waals surface area contributed by atoms with Gasteiger partial charge < -0.3 is 15.3 Å². The summed E-state index contributed by atoms with van der Waals surface area (Å²) in [6.07, 6.45) is 0.772. The molecule has 17 heavy (non-hydrogen) atoms. The van der Waals surface area contributed by atoms with E-state index in [9.17, 15) is 14.3 Å². The molecule has 0 bridgehead atoms. The number of rotatable bonds is 5. The molecule has 0 aliphatic rings. The van der Waals surface area contributed by atoms with Crippen LogP contribution in [0.4, 0.5) is 4.39 Å². The molecule has 0 heterocycles. The third-order valence-electron chi connectivity index (χ3n) is 2.29. The maximum atomic E-state index is 13.3. The highest BCUT2D eigenvalue weighted by atomic mass is 19.1. The molecule has 0 unspecified atom stereocenters. The molecule has 94 valence electrons. The lowest BCUT2D eigenvalue weighted by atomic mass is 10.1. The van der Waals surface area contributed by atoms with E-state index >= 15 is 0 Å². The molecule has 1 aromatic rings. The molecule has 0 saturated carbocycles. The van der Waals surface area contributed by atoms with Crippen LogP contribution in [0.5, 0.6) is 5.75 Å². The van der Waals surface area contributed by atoms with Crippen molar-refractivity contribution in [2.45, 2.75) is 6.42 Å². The fourth-order valence-corrected chi connectivity index (χ4v) is 1.42. The predicted octanol–water partition coefficient (Wildman–Crippen LogP) is 1.21. The van der Waals surface area contributed by atoms with Gasteiger partial charge >= 0.3 is 0 Å². The fourth-order valence-electron chi connectivity index (χ4n) is 1.42. The van der Waals surface area contributed by atoms with E-state index in [2.05, 4.69) is 5.32 Å². The molecule has 0 aliphatic heterocycles. The van der Waals surface area contributed by atoms with Gasteiger partial charge in [0.1, 0.15) is 17.1 Å². The van der Waals surface area contributed by atoms with Crippen molar-refractivity contribution in [3.05, 3.63) is 29.6 Å². The van der Waals surface area contributed by atoms with Crippen molar-refractivity contribution in [3.8, 4) is 5.75 Å². The largest absolute Gasteiger partial charge is 0.507 e. The van der Waals surface area contributed by atoms with Crippen molar-refractivity contribution in [1.29, 1.82) is 0 Å². The third kappa shape index (κ3) is 4.03. The topological polar surface area (TPSA) is 52.6 Å². The molecule has 0 spiro atoms. The third-order valence-corrected chi connectivity index (χ3v) is 2.29. The lowest BCUT2D eigenvalue weighted by Gasteiger charge is -2.10. The number of carbonyl (C=O) groups excluding carboxylic acids is 1. The van der Waals surface area contributed by atoms with Crippen molar-refractivity contribution in [2.75, 3.05) is 27.2 Å². The molecule has 1 amide bonds. The summed E-state index contributed by atoms with van der Waals surface area (Å²) >= 11 is 0. The molecular formula is C12H17FN2O2. The highest BCUT2D eigenvalue weighted by molar-refractivity contribution is 5.97. The second kappa shape index (κ2) is 6.20. The zero-order valence-corrected chi connectivity index (χ0v) is 10.0. The maximum absolute atomic E-state index is 13.3. The normalized spacial score (nSPS) is 10.6. The first-order chi connectivity index (χ1) is 8.02. The molecule has 0 saturated heterocycles. The molecule has 2 N–H and O–H groups in total. The van der Waals surface area contributed by atoms with Gasteiger partial charge in [0.25, 0.3) is 5.91 Å². The summed E-state index contributed by atoms with van der Waals surface area (Å²) in [5.41, 5.74) is -0.294. The van der Waals surface area contributed by atoms with Crippen LogP contribution < -0.4 is 5.32 Å². The molecule has 5 heteroatoms. The average Bonchev–Trinajstić information content (AvgIpc) is 2.24. The van der Waals surface area contributed by atoms with Crippen LogP contribution in [0.3, 0.4) is 0 Å². The number of aromatic hydroxyl groups is 1. The SMILES string of the molecule is CN(C)CCCNC(=O)c1c(O)cccc1F. The summed E-state index contributed by atoms with van der Waals surface area (Å²) in [6.45, 7) is 1.29. The molecule has 0 aromatic heterocycles. The van der Waals surface area contributed by atoms with Crippen LogP contribution in [0.15, 0.2) is 18.2 Å². The van der Waals surface area contributed by atoms with Gasteiger partial charge in [-0.05, 0) is 39.2 Å². The monoisotopic (exact) mass is 240 g/mol. The molecule has 0 fully saturated rings. The van der Waals surface area contributed by atoms with Gasteiger partial charge in [0.15, 0.2) is 0 Å². The van der Waals surface area contributed by atoms with Gasteiger partial charge in [0.05, 0.1) is 0 Å². The van der Waals surface area contributed by atoms with Crippen molar-refractivity contribution >= 4 is 5.91 Å². The predicted molar refractivity (Wildman–Crippen MR) is 63.6 cm³/mol. The standard InChI is InChI=1S/C12H17FN2O2/c1-15(2)8-4-7-14-12(17)11-9(13)5-3-6-10(11)16/h3,5-6,16H,4,7-8H2,1-2H3,(H,14,17). The quantitative estimate of drug-likeness (QED) is 0.761. The molecule has 1 aromatic carbocycles. The second-order valence-corrected chi connectivity index (χ2v) is 4.05. The van der Waals surface area contributed by atoms with Crippen LogP contribution >= 0.6 is 0 Å². The Morgan fingerprint density at radius 2 is 2.18 bits per heavy atom. The number of halogens is 1. The van der Waals surface area contributed by atoms with E-state index in [1.54, 1.807) is 0 Å². The molecule has 0 radical (unpaired) electrons. The van der Waals surface area contributed by atoms with Crippen molar-refractivity contribution in [1.82, 2.24) is 10.2 Å². The average molecular weight is 240 g/mol. The molecule has 1 rings (SSSR count). The van der Waals surface area contributed by atoms with Crippen LogP contribution in [-0.4, -0.2) is 43.1 Å². The van der Waals surface area contributed by atoms with Crippen LogP contribution in [-0.2, 0) is 0 Å². The van der Waals surface area contributed by atoms with Crippen molar-refractivity contribution < 1.29 is 14.3 Å². The number of carbonyl (C=O) groups is 1. The fraction of sp³-hybridized carbons (Fsp3) is 0.417. The first-order valence-corrected chi connectivity index (χ1v) is 5.42. The second-order valence-electron chi connectivity index (χ2n) is 4.05. The molecular weight excluding hydrogens is 223 g/mol. The molecule has 0 atom stereocenters. The van der Waals surface area contributed by atoms with Gasteiger partial charge in [-0.15, -0.1) is 0 Å². The Kier molecular flexibility index (Phi) is 4.90. The number of amides is 1. The minimum atomic E-state index is -0.713. The van der Waals surface area contributed by atoms with Gasteiger partial charge in [-0.2, -0.15) is 0 Å². The van der Waals surface area contributed by atoms with Crippen LogP contribution in [0.1, 0.15) is 16.8 Å². The number of benzene rings is 1.